The standard InChI is InChI=1S/C19H25N5OS/c25-19(16-3-1-7-24(14-16)18-13-20-5-6-21-18)23-10-8-22(9-11-23)15-17-4-2-12-26-17/h2,4-6,12-13,16H,1,3,7-11,14-15H2/t16-/m0/s1. The van der Waals surface area contributed by atoms with Gasteiger partial charge in [-0.3, -0.25) is 14.7 Å². The summed E-state index contributed by atoms with van der Waals surface area (Å²) in [5.41, 5.74) is 0. The van der Waals surface area contributed by atoms with Crippen LogP contribution in [0.1, 0.15) is 17.7 Å². The average molecular weight is 372 g/mol. The van der Waals surface area contributed by atoms with E-state index in [1.54, 1.807) is 29.9 Å². The molecule has 0 bridgehead atoms. The van der Waals surface area contributed by atoms with Gasteiger partial charge < -0.3 is 9.80 Å². The van der Waals surface area contributed by atoms with Gasteiger partial charge in [0.05, 0.1) is 12.1 Å². The summed E-state index contributed by atoms with van der Waals surface area (Å²) in [4.78, 5) is 29.7. The van der Waals surface area contributed by atoms with Crippen LogP contribution >= 0.6 is 11.3 Å². The maximum absolute atomic E-state index is 13.0. The van der Waals surface area contributed by atoms with Gasteiger partial charge in [0.1, 0.15) is 5.82 Å². The van der Waals surface area contributed by atoms with Crippen molar-refractivity contribution in [3.8, 4) is 0 Å². The molecule has 0 N–H and O–H groups in total. The van der Waals surface area contributed by atoms with Gasteiger partial charge in [-0.25, -0.2) is 4.98 Å². The third-order valence-corrected chi connectivity index (χ3v) is 6.15. The summed E-state index contributed by atoms with van der Waals surface area (Å²) in [6, 6.07) is 4.29. The van der Waals surface area contributed by atoms with Crippen molar-refractivity contribution in [1.82, 2.24) is 19.8 Å². The first-order valence-corrected chi connectivity index (χ1v) is 10.2. The van der Waals surface area contributed by atoms with E-state index in [4.69, 9.17) is 0 Å². The molecule has 2 aromatic heterocycles. The molecule has 1 atom stereocenters. The second-order valence-electron chi connectivity index (χ2n) is 7.03. The topological polar surface area (TPSA) is 52.6 Å². The minimum Gasteiger partial charge on any atom is -0.355 e. The largest absolute Gasteiger partial charge is 0.355 e. The van der Waals surface area contributed by atoms with Crippen LogP contribution < -0.4 is 4.90 Å². The number of hydrogen-bond donors (Lipinski definition) is 0. The Morgan fingerprint density at radius 2 is 2.08 bits per heavy atom. The lowest BCUT2D eigenvalue weighted by molar-refractivity contribution is -0.137. The molecule has 0 spiro atoms. The highest BCUT2D eigenvalue weighted by molar-refractivity contribution is 7.09. The summed E-state index contributed by atoms with van der Waals surface area (Å²) in [5.74, 6) is 1.27. The summed E-state index contributed by atoms with van der Waals surface area (Å²) in [6.07, 6.45) is 7.20. The number of anilines is 1. The van der Waals surface area contributed by atoms with Gasteiger partial charge in [0.15, 0.2) is 0 Å². The van der Waals surface area contributed by atoms with E-state index in [1.165, 1.54) is 4.88 Å². The van der Waals surface area contributed by atoms with E-state index in [0.29, 0.717) is 5.91 Å². The Morgan fingerprint density at radius 3 is 2.81 bits per heavy atom. The Labute approximate surface area is 158 Å². The number of rotatable bonds is 4. The van der Waals surface area contributed by atoms with Gasteiger partial charge in [-0.2, -0.15) is 0 Å². The van der Waals surface area contributed by atoms with Crippen LogP contribution in [-0.4, -0.2) is 64.9 Å². The number of hydrogen-bond acceptors (Lipinski definition) is 6. The minimum absolute atomic E-state index is 0.0783. The highest BCUT2D eigenvalue weighted by Gasteiger charge is 2.31. The van der Waals surface area contributed by atoms with Crippen molar-refractivity contribution in [2.45, 2.75) is 19.4 Å². The summed E-state index contributed by atoms with van der Waals surface area (Å²) in [7, 11) is 0. The molecule has 0 saturated carbocycles. The molecule has 1 amide bonds. The fourth-order valence-electron chi connectivity index (χ4n) is 3.85. The maximum atomic E-state index is 13.0. The number of carbonyl (C=O) groups excluding carboxylic acids is 1. The molecule has 0 radical (unpaired) electrons. The van der Waals surface area contributed by atoms with Gasteiger partial charge in [0.2, 0.25) is 5.91 Å². The SMILES string of the molecule is O=C([C@H]1CCCN(c2cnccn2)C1)N1CCN(Cc2cccs2)CC1. The normalized spacial score (nSPS) is 21.8. The Bertz CT molecular complexity index is 700. The predicted molar refractivity (Wildman–Crippen MR) is 103 cm³/mol. The van der Waals surface area contributed by atoms with E-state index in [-0.39, 0.29) is 5.92 Å². The molecule has 2 aliphatic heterocycles. The van der Waals surface area contributed by atoms with Gasteiger partial charge in [0.25, 0.3) is 0 Å². The lowest BCUT2D eigenvalue weighted by atomic mass is 9.96. The number of piperidine rings is 1. The number of nitrogens with zero attached hydrogens (tertiary/aromatic N) is 5. The van der Waals surface area contributed by atoms with Crippen molar-refractivity contribution in [2.24, 2.45) is 5.92 Å². The quantitative estimate of drug-likeness (QED) is 0.824. The maximum Gasteiger partial charge on any atom is 0.227 e. The van der Waals surface area contributed by atoms with Crippen LogP contribution in [0.5, 0.6) is 0 Å². The summed E-state index contributed by atoms with van der Waals surface area (Å²) < 4.78 is 0. The summed E-state index contributed by atoms with van der Waals surface area (Å²) >= 11 is 1.81. The highest BCUT2D eigenvalue weighted by Crippen LogP contribution is 2.23. The van der Waals surface area contributed by atoms with Crippen molar-refractivity contribution in [3.63, 3.8) is 0 Å². The first-order chi connectivity index (χ1) is 12.8. The average Bonchev–Trinajstić information content (AvgIpc) is 3.22. The third-order valence-electron chi connectivity index (χ3n) is 5.29. The van der Waals surface area contributed by atoms with Crippen LogP contribution in [0.15, 0.2) is 36.1 Å². The molecule has 0 aromatic carbocycles. The molecular formula is C19H25N5OS. The second-order valence-corrected chi connectivity index (χ2v) is 8.06. The van der Waals surface area contributed by atoms with Gasteiger partial charge in [-0.15, -0.1) is 11.3 Å². The van der Waals surface area contributed by atoms with Gasteiger partial charge in [0, 0.05) is 63.1 Å². The molecule has 26 heavy (non-hydrogen) atoms. The molecule has 138 valence electrons. The van der Waals surface area contributed by atoms with Gasteiger partial charge >= 0.3 is 0 Å². The summed E-state index contributed by atoms with van der Waals surface area (Å²) in [6.45, 7) is 6.32. The molecule has 6 nitrogen and oxygen atoms in total. The highest BCUT2D eigenvalue weighted by atomic mass is 32.1. The van der Waals surface area contributed by atoms with Crippen molar-refractivity contribution in [2.75, 3.05) is 44.2 Å². The lowest BCUT2D eigenvalue weighted by Crippen LogP contribution is -2.52. The predicted octanol–water partition coefficient (Wildman–Crippen LogP) is 2.10. The first kappa shape index (κ1) is 17.4. The monoisotopic (exact) mass is 371 g/mol. The van der Waals surface area contributed by atoms with E-state index in [0.717, 1.165) is 64.5 Å². The Hall–Kier alpha value is -1.99. The van der Waals surface area contributed by atoms with E-state index < -0.39 is 0 Å². The smallest absolute Gasteiger partial charge is 0.227 e. The van der Waals surface area contributed by atoms with E-state index in [9.17, 15) is 4.79 Å². The van der Waals surface area contributed by atoms with Crippen LogP contribution in [0.4, 0.5) is 5.82 Å². The van der Waals surface area contributed by atoms with Gasteiger partial charge in [-0.05, 0) is 24.3 Å². The van der Waals surface area contributed by atoms with Crippen molar-refractivity contribution >= 4 is 23.1 Å². The molecule has 0 unspecified atom stereocenters. The van der Waals surface area contributed by atoms with E-state index in [2.05, 4.69) is 42.2 Å². The number of carbonyl (C=O) groups is 1. The van der Waals surface area contributed by atoms with Crippen molar-refractivity contribution in [1.29, 1.82) is 0 Å². The van der Waals surface area contributed by atoms with Crippen LogP contribution in [0.2, 0.25) is 0 Å². The Morgan fingerprint density at radius 1 is 1.19 bits per heavy atom. The number of thiophene rings is 1. The molecule has 4 rings (SSSR count). The fourth-order valence-corrected chi connectivity index (χ4v) is 4.59. The van der Waals surface area contributed by atoms with Crippen molar-refractivity contribution < 1.29 is 4.79 Å². The number of piperazine rings is 1. The number of aromatic nitrogens is 2. The first-order valence-electron chi connectivity index (χ1n) is 9.34. The summed E-state index contributed by atoms with van der Waals surface area (Å²) in [5, 5.41) is 2.13. The zero-order chi connectivity index (χ0) is 17.8. The second kappa shape index (κ2) is 8.14. The van der Waals surface area contributed by atoms with Crippen molar-refractivity contribution in [3.05, 3.63) is 41.0 Å². The van der Waals surface area contributed by atoms with E-state index >= 15 is 0 Å². The molecular weight excluding hydrogens is 346 g/mol. The molecule has 7 heteroatoms. The van der Waals surface area contributed by atoms with Crippen LogP contribution in [0.25, 0.3) is 0 Å². The van der Waals surface area contributed by atoms with Crippen LogP contribution in [0, 0.1) is 5.92 Å². The van der Waals surface area contributed by atoms with Gasteiger partial charge in [-0.1, -0.05) is 6.07 Å². The zero-order valence-corrected chi connectivity index (χ0v) is 15.8. The fraction of sp³-hybridized carbons (Fsp3) is 0.526. The van der Waals surface area contributed by atoms with E-state index in [1.807, 2.05) is 0 Å². The molecule has 2 fully saturated rings. The molecule has 2 saturated heterocycles. The Kier molecular flexibility index (Phi) is 5.45. The third kappa shape index (κ3) is 4.04. The molecule has 2 aliphatic rings. The molecule has 2 aromatic rings. The van der Waals surface area contributed by atoms with Crippen LogP contribution in [0.3, 0.4) is 0 Å². The lowest BCUT2D eigenvalue weighted by Gasteiger charge is -2.39. The number of amides is 1. The molecule has 0 aliphatic carbocycles. The zero-order valence-electron chi connectivity index (χ0n) is 15.0. The Balaban J connectivity index is 1.30. The van der Waals surface area contributed by atoms with Crippen LogP contribution in [-0.2, 0) is 11.3 Å². The minimum atomic E-state index is 0.0783. The molecule has 4 heterocycles.